The second kappa shape index (κ2) is 8.29. The molecule has 0 aliphatic rings. The lowest BCUT2D eigenvalue weighted by Crippen LogP contribution is -2.14. The second-order valence-electron chi connectivity index (χ2n) is 6.07. The number of aliphatic hydroxyl groups excluding tert-OH is 1. The van der Waals surface area contributed by atoms with Crippen molar-refractivity contribution in [3.63, 3.8) is 0 Å². The average Bonchev–Trinajstić information content (AvgIpc) is 3.01. The summed E-state index contributed by atoms with van der Waals surface area (Å²) in [6.45, 7) is 5.23. The number of nitrogens with zero attached hydrogens (tertiary/aromatic N) is 4. The van der Waals surface area contributed by atoms with E-state index >= 15 is 0 Å². The van der Waals surface area contributed by atoms with Crippen molar-refractivity contribution in [1.29, 1.82) is 0 Å². The molecule has 2 aromatic heterocycles. The van der Waals surface area contributed by atoms with E-state index in [-0.39, 0.29) is 6.54 Å². The quantitative estimate of drug-likeness (QED) is 0.659. The molecule has 3 aromatic rings. The van der Waals surface area contributed by atoms with Gasteiger partial charge in [0.25, 0.3) is 0 Å². The number of hydrogen-bond acceptors (Lipinski definition) is 5. The van der Waals surface area contributed by atoms with Crippen molar-refractivity contribution in [2.75, 3.05) is 11.9 Å². The van der Waals surface area contributed by atoms with Crippen LogP contribution < -0.4 is 5.32 Å². The first-order valence-corrected chi connectivity index (χ1v) is 9.00. The van der Waals surface area contributed by atoms with Crippen molar-refractivity contribution >= 4 is 17.5 Å². The SMILES string of the molecule is CCCn1cc(-c2ccnc(NC[C@@H](O)c3ccccc3Cl)n2)c(C)n1. The molecule has 0 saturated carbocycles. The van der Waals surface area contributed by atoms with Crippen LogP contribution in [0.1, 0.15) is 30.7 Å². The molecule has 3 rings (SSSR count). The topological polar surface area (TPSA) is 75.9 Å². The van der Waals surface area contributed by atoms with Crippen molar-refractivity contribution in [1.82, 2.24) is 19.7 Å². The van der Waals surface area contributed by atoms with Gasteiger partial charge in [0.2, 0.25) is 5.95 Å². The largest absolute Gasteiger partial charge is 0.387 e. The van der Waals surface area contributed by atoms with E-state index in [1.165, 1.54) is 0 Å². The van der Waals surface area contributed by atoms with Gasteiger partial charge in [0, 0.05) is 41.6 Å². The Morgan fingerprint density at radius 2 is 2.08 bits per heavy atom. The maximum atomic E-state index is 10.3. The predicted molar refractivity (Wildman–Crippen MR) is 103 cm³/mol. The monoisotopic (exact) mass is 371 g/mol. The van der Waals surface area contributed by atoms with E-state index in [9.17, 15) is 5.11 Å². The first-order chi connectivity index (χ1) is 12.6. The first-order valence-electron chi connectivity index (χ1n) is 8.62. The molecule has 1 aromatic carbocycles. The maximum absolute atomic E-state index is 10.3. The van der Waals surface area contributed by atoms with E-state index in [0.29, 0.717) is 16.5 Å². The highest BCUT2D eigenvalue weighted by atomic mass is 35.5. The van der Waals surface area contributed by atoms with Crippen LogP contribution in [0.4, 0.5) is 5.95 Å². The van der Waals surface area contributed by atoms with E-state index in [4.69, 9.17) is 11.6 Å². The Labute approximate surface area is 157 Å². The van der Waals surface area contributed by atoms with Crippen LogP contribution in [0.5, 0.6) is 0 Å². The predicted octanol–water partition coefficient (Wildman–Crippen LogP) is 3.86. The zero-order valence-corrected chi connectivity index (χ0v) is 15.6. The molecule has 0 aliphatic heterocycles. The van der Waals surface area contributed by atoms with Crippen LogP contribution in [0.3, 0.4) is 0 Å². The van der Waals surface area contributed by atoms with Crippen LogP contribution in [0.25, 0.3) is 11.3 Å². The van der Waals surface area contributed by atoms with Gasteiger partial charge in [-0.15, -0.1) is 0 Å². The van der Waals surface area contributed by atoms with Gasteiger partial charge in [-0.05, 0) is 25.5 Å². The van der Waals surface area contributed by atoms with E-state index in [0.717, 1.165) is 29.9 Å². The molecule has 7 heteroatoms. The minimum absolute atomic E-state index is 0.265. The highest BCUT2D eigenvalue weighted by molar-refractivity contribution is 6.31. The lowest BCUT2D eigenvalue weighted by molar-refractivity contribution is 0.191. The molecule has 26 heavy (non-hydrogen) atoms. The standard InChI is InChI=1S/C19H22ClN5O/c1-3-10-25-12-15(13(2)24-25)17-8-9-21-19(23-17)22-11-18(26)14-6-4-5-7-16(14)20/h4-9,12,18,26H,3,10-11H2,1-2H3,(H,21,22,23)/t18-/m1/s1. The third-order valence-corrected chi connectivity index (χ3v) is 4.39. The highest BCUT2D eigenvalue weighted by Gasteiger charge is 2.13. The van der Waals surface area contributed by atoms with Gasteiger partial charge in [0.05, 0.1) is 17.5 Å². The van der Waals surface area contributed by atoms with Gasteiger partial charge < -0.3 is 10.4 Å². The van der Waals surface area contributed by atoms with Crippen LogP contribution in [-0.2, 0) is 6.54 Å². The zero-order valence-electron chi connectivity index (χ0n) is 14.9. The second-order valence-corrected chi connectivity index (χ2v) is 6.48. The molecule has 0 amide bonds. The fourth-order valence-electron chi connectivity index (χ4n) is 2.75. The molecule has 136 valence electrons. The fourth-order valence-corrected chi connectivity index (χ4v) is 3.01. The summed E-state index contributed by atoms with van der Waals surface area (Å²) < 4.78 is 1.93. The molecule has 0 unspecified atom stereocenters. The molecule has 2 N–H and O–H groups in total. The number of anilines is 1. The molecule has 0 spiro atoms. The van der Waals surface area contributed by atoms with Gasteiger partial charge in [0.15, 0.2) is 0 Å². The number of rotatable bonds is 7. The van der Waals surface area contributed by atoms with E-state index in [1.54, 1.807) is 18.3 Å². The van der Waals surface area contributed by atoms with Crippen LogP contribution in [-0.4, -0.2) is 31.4 Å². The molecule has 2 heterocycles. The number of aryl methyl sites for hydroxylation is 2. The number of benzene rings is 1. The lowest BCUT2D eigenvalue weighted by Gasteiger charge is -2.13. The van der Waals surface area contributed by atoms with Gasteiger partial charge in [-0.1, -0.05) is 36.7 Å². The van der Waals surface area contributed by atoms with Crippen molar-refractivity contribution in [2.24, 2.45) is 0 Å². The Balaban J connectivity index is 1.73. The molecule has 0 bridgehead atoms. The number of halogens is 1. The van der Waals surface area contributed by atoms with Gasteiger partial charge in [0.1, 0.15) is 0 Å². The third-order valence-electron chi connectivity index (χ3n) is 4.05. The van der Waals surface area contributed by atoms with E-state index in [2.05, 4.69) is 27.3 Å². The van der Waals surface area contributed by atoms with E-state index in [1.807, 2.05) is 36.0 Å². The van der Waals surface area contributed by atoms with Crippen molar-refractivity contribution < 1.29 is 5.11 Å². The maximum Gasteiger partial charge on any atom is 0.223 e. The number of aliphatic hydroxyl groups is 1. The number of hydrogen-bond donors (Lipinski definition) is 2. The summed E-state index contributed by atoms with van der Waals surface area (Å²) in [6.07, 6.45) is 3.98. The fraction of sp³-hybridized carbons (Fsp3) is 0.316. The van der Waals surface area contributed by atoms with Crippen LogP contribution in [0, 0.1) is 6.92 Å². The minimum Gasteiger partial charge on any atom is -0.387 e. The lowest BCUT2D eigenvalue weighted by atomic mass is 10.1. The normalized spacial score (nSPS) is 12.2. The Morgan fingerprint density at radius 1 is 1.27 bits per heavy atom. The average molecular weight is 372 g/mol. The van der Waals surface area contributed by atoms with Gasteiger partial charge >= 0.3 is 0 Å². The molecule has 6 nitrogen and oxygen atoms in total. The molecule has 1 atom stereocenters. The molecule has 0 radical (unpaired) electrons. The Morgan fingerprint density at radius 3 is 2.85 bits per heavy atom. The smallest absolute Gasteiger partial charge is 0.223 e. The van der Waals surface area contributed by atoms with Crippen LogP contribution in [0.15, 0.2) is 42.7 Å². The van der Waals surface area contributed by atoms with Crippen LogP contribution >= 0.6 is 11.6 Å². The Hall–Kier alpha value is -2.44. The number of nitrogens with one attached hydrogen (secondary N) is 1. The summed E-state index contributed by atoms with van der Waals surface area (Å²) in [5, 5.41) is 18.5. The molecule has 0 aliphatic carbocycles. The Bertz CT molecular complexity index is 880. The van der Waals surface area contributed by atoms with E-state index < -0.39 is 6.10 Å². The summed E-state index contributed by atoms with van der Waals surface area (Å²) in [5.74, 6) is 0.455. The summed E-state index contributed by atoms with van der Waals surface area (Å²) in [4.78, 5) is 8.78. The third kappa shape index (κ3) is 4.20. The first kappa shape index (κ1) is 18.4. The van der Waals surface area contributed by atoms with Crippen LogP contribution in [0.2, 0.25) is 5.02 Å². The Kier molecular flexibility index (Phi) is 5.85. The van der Waals surface area contributed by atoms with Gasteiger partial charge in [-0.25, -0.2) is 9.97 Å². The summed E-state index contributed by atoms with van der Waals surface area (Å²) >= 11 is 6.12. The van der Waals surface area contributed by atoms with Crippen molar-refractivity contribution in [3.8, 4) is 11.3 Å². The molecular weight excluding hydrogens is 350 g/mol. The highest BCUT2D eigenvalue weighted by Crippen LogP contribution is 2.24. The summed E-state index contributed by atoms with van der Waals surface area (Å²) in [5.41, 5.74) is 3.39. The molecular formula is C19H22ClN5O. The van der Waals surface area contributed by atoms with Crippen molar-refractivity contribution in [2.45, 2.75) is 32.9 Å². The van der Waals surface area contributed by atoms with Gasteiger partial charge in [-0.3, -0.25) is 4.68 Å². The molecule has 0 saturated heterocycles. The summed E-state index contributed by atoms with van der Waals surface area (Å²) in [6, 6.07) is 9.10. The summed E-state index contributed by atoms with van der Waals surface area (Å²) in [7, 11) is 0. The van der Waals surface area contributed by atoms with Gasteiger partial charge in [-0.2, -0.15) is 5.10 Å². The molecule has 0 fully saturated rings. The van der Waals surface area contributed by atoms with Crippen molar-refractivity contribution in [3.05, 3.63) is 59.0 Å². The zero-order chi connectivity index (χ0) is 18.5. The number of aromatic nitrogens is 4. The minimum atomic E-state index is -0.745.